The normalized spacial score (nSPS) is 15.4. The number of nitrogens with zero attached hydrogens (tertiary/aromatic N) is 2. The second-order valence-electron chi connectivity index (χ2n) is 6.21. The van der Waals surface area contributed by atoms with Crippen LogP contribution in [0.25, 0.3) is 10.6 Å². The number of rotatable bonds is 4. The van der Waals surface area contributed by atoms with E-state index in [-0.39, 0.29) is 5.91 Å². The Morgan fingerprint density at radius 1 is 1.16 bits per heavy atom. The minimum absolute atomic E-state index is 0.0101. The largest absolute Gasteiger partial charge is 0.459 e. The Labute approximate surface area is 150 Å². The molecule has 1 fully saturated rings. The lowest BCUT2D eigenvalue weighted by Gasteiger charge is -2.31. The lowest BCUT2D eigenvalue weighted by molar-refractivity contribution is -0.917. The fourth-order valence-electron chi connectivity index (χ4n) is 3.12. The number of aromatic nitrogens is 1. The predicted octanol–water partition coefficient (Wildman–Crippen LogP) is 1.94. The molecule has 0 atom stereocenters. The van der Waals surface area contributed by atoms with Crippen LogP contribution in [0.4, 0.5) is 0 Å². The average Bonchev–Trinajstić information content (AvgIpc) is 3.35. The zero-order chi connectivity index (χ0) is 17.1. The number of carbonyl (C=O) groups is 1. The fraction of sp³-hybridized carbons (Fsp3) is 0.263. The summed E-state index contributed by atoms with van der Waals surface area (Å²) < 4.78 is 5.21. The number of nitrogens with one attached hydrogen (secondary N) is 1. The first-order valence-electron chi connectivity index (χ1n) is 8.46. The van der Waals surface area contributed by atoms with Gasteiger partial charge in [0, 0.05) is 10.9 Å². The van der Waals surface area contributed by atoms with Gasteiger partial charge < -0.3 is 14.2 Å². The van der Waals surface area contributed by atoms with Crippen LogP contribution in [0.2, 0.25) is 0 Å². The standard InChI is InChI=1S/C19H19N3O2S/c23-19(17-7-4-12-24-17)22-10-8-21(9-11-22)13-16-14-25-18(20-16)15-5-2-1-3-6-15/h1-7,12,14H,8-11,13H2/p+1. The molecule has 3 aromatic rings. The maximum Gasteiger partial charge on any atom is 0.289 e. The highest BCUT2D eigenvalue weighted by Gasteiger charge is 2.26. The molecule has 5 nitrogen and oxygen atoms in total. The molecule has 6 heteroatoms. The third-order valence-corrected chi connectivity index (χ3v) is 5.43. The van der Waals surface area contributed by atoms with Crippen LogP contribution < -0.4 is 4.90 Å². The van der Waals surface area contributed by atoms with Crippen LogP contribution >= 0.6 is 11.3 Å². The summed E-state index contributed by atoms with van der Waals surface area (Å²) in [6.45, 7) is 4.29. The van der Waals surface area contributed by atoms with Crippen molar-refractivity contribution in [3.63, 3.8) is 0 Å². The van der Waals surface area contributed by atoms with Gasteiger partial charge in [0.15, 0.2) is 5.76 Å². The van der Waals surface area contributed by atoms with Gasteiger partial charge in [0.1, 0.15) is 17.2 Å². The quantitative estimate of drug-likeness (QED) is 0.779. The molecule has 1 saturated heterocycles. The first-order valence-corrected chi connectivity index (χ1v) is 9.34. The van der Waals surface area contributed by atoms with Crippen LogP contribution in [0.5, 0.6) is 0 Å². The first-order chi connectivity index (χ1) is 12.3. The van der Waals surface area contributed by atoms with Gasteiger partial charge in [-0.25, -0.2) is 4.98 Å². The number of hydrogen-bond acceptors (Lipinski definition) is 4. The molecule has 0 aliphatic carbocycles. The molecular formula is C19H20N3O2S+. The molecule has 1 N–H and O–H groups in total. The monoisotopic (exact) mass is 354 g/mol. The lowest BCUT2D eigenvalue weighted by Crippen LogP contribution is -3.13. The van der Waals surface area contributed by atoms with Gasteiger partial charge in [-0.1, -0.05) is 30.3 Å². The fourth-order valence-corrected chi connectivity index (χ4v) is 3.94. The van der Waals surface area contributed by atoms with Gasteiger partial charge in [-0.05, 0) is 12.1 Å². The molecule has 1 aliphatic rings. The number of benzene rings is 1. The van der Waals surface area contributed by atoms with Crippen molar-refractivity contribution in [2.75, 3.05) is 26.2 Å². The Kier molecular flexibility index (Phi) is 4.63. The SMILES string of the molecule is O=C(c1ccco1)N1CC[NH+](Cc2csc(-c3ccccc3)n2)CC1. The van der Waals surface area contributed by atoms with Gasteiger partial charge in [0.05, 0.1) is 32.4 Å². The van der Waals surface area contributed by atoms with E-state index in [1.165, 1.54) is 10.5 Å². The van der Waals surface area contributed by atoms with E-state index in [0.29, 0.717) is 5.76 Å². The maximum atomic E-state index is 12.3. The molecule has 3 heterocycles. The van der Waals surface area contributed by atoms with E-state index in [1.54, 1.807) is 29.7 Å². The van der Waals surface area contributed by atoms with Gasteiger partial charge in [0.25, 0.3) is 5.91 Å². The zero-order valence-corrected chi connectivity index (χ0v) is 14.7. The Hall–Kier alpha value is -2.44. The van der Waals surface area contributed by atoms with Crippen LogP contribution in [0.15, 0.2) is 58.5 Å². The molecule has 1 aromatic carbocycles. The van der Waals surface area contributed by atoms with E-state index in [2.05, 4.69) is 17.5 Å². The molecule has 0 radical (unpaired) electrons. The number of thiazole rings is 1. The minimum Gasteiger partial charge on any atom is -0.459 e. The second kappa shape index (κ2) is 7.21. The van der Waals surface area contributed by atoms with Crippen molar-refractivity contribution in [1.29, 1.82) is 0 Å². The Morgan fingerprint density at radius 2 is 1.96 bits per heavy atom. The summed E-state index contributed by atoms with van der Waals surface area (Å²) in [4.78, 5) is 20.4. The number of furan rings is 1. The number of carbonyl (C=O) groups excluding carboxylic acids is 1. The van der Waals surface area contributed by atoms with E-state index in [4.69, 9.17) is 9.40 Å². The first kappa shape index (κ1) is 16.1. The molecule has 25 heavy (non-hydrogen) atoms. The topological polar surface area (TPSA) is 50.8 Å². The highest BCUT2D eigenvalue weighted by molar-refractivity contribution is 7.13. The second-order valence-corrected chi connectivity index (χ2v) is 7.06. The Bertz CT molecular complexity index is 821. The highest BCUT2D eigenvalue weighted by Crippen LogP contribution is 2.22. The Balaban J connectivity index is 1.33. The molecule has 128 valence electrons. The molecule has 0 saturated carbocycles. The summed E-state index contributed by atoms with van der Waals surface area (Å²) in [6.07, 6.45) is 1.54. The van der Waals surface area contributed by atoms with Crippen LogP contribution in [0.1, 0.15) is 16.2 Å². The maximum absolute atomic E-state index is 12.3. The number of amides is 1. The highest BCUT2D eigenvalue weighted by atomic mass is 32.1. The Morgan fingerprint density at radius 3 is 2.68 bits per heavy atom. The summed E-state index contributed by atoms with van der Waals surface area (Å²) in [7, 11) is 0. The molecular weight excluding hydrogens is 334 g/mol. The van der Waals surface area contributed by atoms with Gasteiger partial charge >= 0.3 is 0 Å². The number of quaternary nitrogens is 1. The molecule has 1 aliphatic heterocycles. The van der Waals surface area contributed by atoms with Crippen molar-refractivity contribution in [2.24, 2.45) is 0 Å². The van der Waals surface area contributed by atoms with Crippen molar-refractivity contribution < 1.29 is 14.1 Å². The molecule has 2 aromatic heterocycles. The van der Waals surface area contributed by atoms with Crippen molar-refractivity contribution in [2.45, 2.75) is 6.54 Å². The lowest BCUT2D eigenvalue weighted by atomic mass is 10.2. The van der Waals surface area contributed by atoms with Crippen LogP contribution in [-0.4, -0.2) is 42.0 Å². The van der Waals surface area contributed by atoms with Crippen molar-refractivity contribution in [3.8, 4) is 10.6 Å². The minimum atomic E-state index is -0.0101. The third-order valence-electron chi connectivity index (χ3n) is 4.49. The molecule has 0 bridgehead atoms. The van der Waals surface area contributed by atoms with E-state index in [9.17, 15) is 4.79 Å². The van der Waals surface area contributed by atoms with E-state index >= 15 is 0 Å². The molecule has 0 spiro atoms. The van der Waals surface area contributed by atoms with Crippen LogP contribution in [0, 0.1) is 0 Å². The summed E-state index contributed by atoms with van der Waals surface area (Å²) in [6, 6.07) is 13.8. The van der Waals surface area contributed by atoms with Gasteiger partial charge in [-0.15, -0.1) is 11.3 Å². The van der Waals surface area contributed by atoms with Crippen molar-refractivity contribution in [1.82, 2.24) is 9.88 Å². The summed E-state index contributed by atoms with van der Waals surface area (Å²) in [5.41, 5.74) is 2.30. The number of piperazine rings is 1. The summed E-state index contributed by atoms with van der Waals surface area (Å²) >= 11 is 1.69. The third kappa shape index (κ3) is 3.65. The van der Waals surface area contributed by atoms with E-state index in [1.807, 2.05) is 23.1 Å². The van der Waals surface area contributed by atoms with Crippen molar-refractivity contribution >= 4 is 17.2 Å². The van der Waals surface area contributed by atoms with E-state index < -0.39 is 0 Å². The van der Waals surface area contributed by atoms with Gasteiger partial charge in [-0.2, -0.15) is 0 Å². The zero-order valence-electron chi connectivity index (χ0n) is 13.9. The van der Waals surface area contributed by atoms with Crippen molar-refractivity contribution in [3.05, 3.63) is 65.6 Å². The predicted molar refractivity (Wildman–Crippen MR) is 96.6 cm³/mol. The van der Waals surface area contributed by atoms with Gasteiger partial charge in [0.2, 0.25) is 0 Å². The van der Waals surface area contributed by atoms with Crippen LogP contribution in [-0.2, 0) is 6.54 Å². The summed E-state index contributed by atoms with van der Waals surface area (Å²) in [5, 5.41) is 3.22. The van der Waals surface area contributed by atoms with Gasteiger partial charge in [-0.3, -0.25) is 4.79 Å². The van der Waals surface area contributed by atoms with E-state index in [0.717, 1.165) is 43.4 Å². The average molecular weight is 354 g/mol. The smallest absolute Gasteiger partial charge is 0.289 e. The molecule has 0 unspecified atom stereocenters. The molecule has 4 rings (SSSR count). The number of hydrogen-bond donors (Lipinski definition) is 1. The summed E-state index contributed by atoms with van der Waals surface area (Å²) in [5.74, 6) is 0.416. The van der Waals surface area contributed by atoms with Crippen LogP contribution in [0.3, 0.4) is 0 Å². The molecule has 1 amide bonds.